The molecule has 0 bridgehead atoms. The normalized spacial score (nSPS) is 11.5. The molecular weight excluding hydrogens is 317 g/mol. The SMILES string of the molecule is O=C(O)c1ccc(C[C@@H](NC(=O)c2ccccc2F)C(=O)O)cc1. The Balaban J connectivity index is 2.12. The zero-order valence-corrected chi connectivity index (χ0v) is 12.4. The molecule has 2 rings (SSSR count). The number of rotatable bonds is 6. The molecule has 0 aliphatic carbocycles. The number of aromatic carboxylic acids is 1. The molecule has 0 radical (unpaired) electrons. The van der Waals surface area contributed by atoms with Crippen molar-refractivity contribution in [1.29, 1.82) is 0 Å². The third-order valence-corrected chi connectivity index (χ3v) is 3.36. The summed E-state index contributed by atoms with van der Waals surface area (Å²) in [6.45, 7) is 0. The van der Waals surface area contributed by atoms with E-state index in [4.69, 9.17) is 5.11 Å². The van der Waals surface area contributed by atoms with Gasteiger partial charge in [0.1, 0.15) is 11.9 Å². The first-order valence-electron chi connectivity index (χ1n) is 6.99. The molecule has 0 spiro atoms. The van der Waals surface area contributed by atoms with Crippen LogP contribution in [0.3, 0.4) is 0 Å². The fraction of sp³-hybridized carbons (Fsp3) is 0.118. The highest BCUT2D eigenvalue weighted by Gasteiger charge is 2.22. The van der Waals surface area contributed by atoms with Crippen LogP contribution in [0.2, 0.25) is 0 Å². The van der Waals surface area contributed by atoms with Gasteiger partial charge in [-0.2, -0.15) is 0 Å². The molecule has 6 nitrogen and oxygen atoms in total. The average molecular weight is 331 g/mol. The maximum Gasteiger partial charge on any atom is 0.335 e. The van der Waals surface area contributed by atoms with Crippen molar-refractivity contribution in [3.63, 3.8) is 0 Å². The molecule has 0 heterocycles. The Labute approximate surface area is 136 Å². The van der Waals surface area contributed by atoms with Gasteiger partial charge in [0.15, 0.2) is 0 Å². The van der Waals surface area contributed by atoms with Gasteiger partial charge in [0, 0.05) is 6.42 Å². The van der Waals surface area contributed by atoms with Crippen LogP contribution in [0, 0.1) is 5.82 Å². The van der Waals surface area contributed by atoms with Crippen LogP contribution in [-0.2, 0) is 11.2 Å². The number of halogens is 1. The summed E-state index contributed by atoms with van der Waals surface area (Å²) in [6, 6.07) is 9.60. The number of carboxylic acids is 2. The van der Waals surface area contributed by atoms with Crippen LogP contribution >= 0.6 is 0 Å². The van der Waals surface area contributed by atoms with Crippen LogP contribution in [0.15, 0.2) is 48.5 Å². The molecule has 2 aromatic rings. The lowest BCUT2D eigenvalue weighted by molar-refractivity contribution is -0.139. The smallest absolute Gasteiger partial charge is 0.335 e. The number of aliphatic carboxylic acids is 1. The highest BCUT2D eigenvalue weighted by molar-refractivity contribution is 5.96. The van der Waals surface area contributed by atoms with Crippen molar-refractivity contribution in [2.24, 2.45) is 0 Å². The Bertz CT molecular complexity index is 773. The van der Waals surface area contributed by atoms with Gasteiger partial charge >= 0.3 is 11.9 Å². The van der Waals surface area contributed by atoms with Gasteiger partial charge in [0.05, 0.1) is 11.1 Å². The minimum atomic E-state index is -1.28. The summed E-state index contributed by atoms with van der Waals surface area (Å²) in [5, 5.41) is 20.3. The van der Waals surface area contributed by atoms with Crippen LogP contribution in [0.5, 0.6) is 0 Å². The fourth-order valence-corrected chi connectivity index (χ4v) is 2.10. The van der Waals surface area contributed by atoms with E-state index in [9.17, 15) is 23.9 Å². The molecule has 124 valence electrons. The Morgan fingerprint density at radius 1 is 1.00 bits per heavy atom. The molecule has 0 unspecified atom stereocenters. The standard InChI is InChI=1S/C17H14FNO5/c18-13-4-2-1-3-12(13)15(20)19-14(17(23)24)9-10-5-7-11(8-6-10)16(21)22/h1-8,14H,9H2,(H,19,20)(H,21,22)(H,23,24)/t14-/m1/s1. The minimum Gasteiger partial charge on any atom is -0.480 e. The average Bonchev–Trinajstić information content (AvgIpc) is 2.54. The second kappa shape index (κ2) is 7.36. The topological polar surface area (TPSA) is 104 Å². The second-order valence-electron chi connectivity index (χ2n) is 5.05. The predicted molar refractivity (Wildman–Crippen MR) is 82.4 cm³/mol. The second-order valence-corrected chi connectivity index (χ2v) is 5.05. The molecule has 0 saturated carbocycles. The molecule has 2 aromatic carbocycles. The molecular formula is C17H14FNO5. The number of carbonyl (C=O) groups is 3. The van der Waals surface area contributed by atoms with Crippen molar-refractivity contribution in [2.75, 3.05) is 0 Å². The zero-order chi connectivity index (χ0) is 17.7. The van der Waals surface area contributed by atoms with Crippen LogP contribution < -0.4 is 5.32 Å². The Morgan fingerprint density at radius 3 is 2.17 bits per heavy atom. The number of hydrogen-bond donors (Lipinski definition) is 3. The van der Waals surface area contributed by atoms with E-state index in [0.717, 1.165) is 6.07 Å². The van der Waals surface area contributed by atoms with E-state index in [-0.39, 0.29) is 17.5 Å². The van der Waals surface area contributed by atoms with Gasteiger partial charge in [-0.1, -0.05) is 24.3 Å². The molecule has 24 heavy (non-hydrogen) atoms. The Hall–Kier alpha value is -3.22. The van der Waals surface area contributed by atoms with E-state index >= 15 is 0 Å². The lowest BCUT2D eigenvalue weighted by Gasteiger charge is -2.15. The first-order chi connectivity index (χ1) is 11.4. The summed E-state index contributed by atoms with van der Waals surface area (Å²) >= 11 is 0. The lowest BCUT2D eigenvalue weighted by atomic mass is 10.0. The molecule has 1 amide bonds. The summed E-state index contributed by atoms with van der Waals surface area (Å²) in [6.07, 6.45) is -0.0601. The molecule has 7 heteroatoms. The van der Waals surface area contributed by atoms with Gasteiger partial charge in [-0.05, 0) is 29.8 Å². The third-order valence-electron chi connectivity index (χ3n) is 3.36. The van der Waals surface area contributed by atoms with Crippen molar-refractivity contribution < 1.29 is 29.0 Å². The van der Waals surface area contributed by atoms with Gasteiger partial charge < -0.3 is 15.5 Å². The van der Waals surface area contributed by atoms with E-state index < -0.39 is 29.7 Å². The third kappa shape index (κ3) is 4.16. The highest BCUT2D eigenvalue weighted by atomic mass is 19.1. The maximum atomic E-state index is 13.6. The molecule has 0 fully saturated rings. The number of carboxylic acid groups (broad SMARTS) is 2. The number of hydrogen-bond acceptors (Lipinski definition) is 3. The summed E-state index contributed by atoms with van der Waals surface area (Å²) in [7, 11) is 0. The molecule has 1 atom stereocenters. The van der Waals surface area contributed by atoms with Crippen LogP contribution in [0.4, 0.5) is 4.39 Å². The number of benzene rings is 2. The van der Waals surface area contributed by atoms with Gasteiger partial charge in [0.2, 0.25) is 0 Å². The van der Waals surface area contributed by atoms with Gasteiger partial charge in [0.25, 0.3) is 5.91 Å². The maximum absolute atomic E-state index is 13.6. The van der Waals surface area contributed by atoms with E-state index in [0.29, 0.717) is 5.56 Å². The first kappa shape index (κ1) is 17.1. The predicted octanol–water partition coefficient (Wildman–Crippen LogP) is 1.95. The van der Waals surface area contributed by atoms with E-state index in [1.807, 2.05) is 0 Å². The zero-order valence-electron chi connectivity index (χ0n) is 12.4. The minimum absolute atomic E-state index is 0.0601. The number of carbonyl (C=O) groups excluding carboxylic acids is 1. The molecule has 0 aromatic heterocycles. The summed E-state index contributed by atoms with van der Waals surface area (Å²) < 4.78 is 13.6. The van der Waals surface area contributed by atoms with Gasteiger partial charge in [-0.3, -0.25) is 4.79 Å². The van der Waals surface area contributed by atoms with Crippen LogP contribution in [0.25, 0.3) is 0 Å². The molecule has 0 aliphatic heterocycles. The Morgan fingerprint density at radius 2 is 1.62 bits per heavy atom. The first-order valence-corrected chi connectivity index (χ1v) is 6.99. The molecule has 0 saturated heterocycles. The summed E-state index contributed by atoms with van der Waals surface area (Å²) in [5.74, 6) is -3.95. The van der Waals surface area contributed by atoms with E-state index in [2.05, 4.69) is 5.32 Å². The molecule has 3 N–H and O–H groups in total. The lowest BCUT2D eigenvalue weighted by Crippen LogP contribution is -2.42. The van der Waals surface area contributed by atoms with Crippen molar-refractivity contribution >= 4 is 17.8 Å². The van der Waals surface area contributed by atoms with Crippen LogP contribution in [-0.4, -0.2) is 34.1 Å². The van der Waals surface area contributed by atoms with E-state index in [1.54, 1.807) is 0 Å². The fourth-order valence-electron chi connectivity index (χ4n) is 2.10. The summed E-state index contributed by atoms with van der Waals surface area (Å²) in [5.41, 5.74) is 0.354. The number of nitrogens with one attached hydrogen (secondary N) is 1. The summed E-state index contributed by atoms with van der Waals surface area (Å²) in [4.78, 5) is 34.1. The largest absolute Gasteiger partial charge is 0.480 e. The highest BCUT2D eigenvalue weighted by Crippen LogP contribution is 2.10. The van der Waals surface area contributed by atoms with Crippen molar-refractivity contribution in [1.82, 2.24) is 5.32 Å². The van der Waals surface area contributed by atoms with Gasteiger partial charge in [-0.25, -0.2) is 14.0 Å². The number of amides is 1. The van der Waals surface area contributed by atoms with Crippen molar-refractivity contribution in [3.05, 3.63) is 71.0 Å². The molecule has 0 aliphatic rings. The van der Waals surface area contributed by atoms with Crippen LogP contribution in [0.1, 0.15) is 26.3 Å². The van der Waals surface area contributed by atoms with Crippen molar-refractivity contribution in [3.8, 4) is 0 Å². The van der Waals surface area contributed by atoms with E-state index in [1.165, 1.54) is 42.5 Å². The monoisotopic (exact) mass is 331 g/mol. The van der Waals surface area contributed by atoms with Crippen molar-refractivity contribution in [2.45, 2.75) is 12.5 Å². The quantitative estimate of drug-likeness (QED) is 0.750. The Kier molecular flexibility index (Phi) is 5.26. The van der Waals surface area contributed by atoms with Gasteiger partial charge in [-0.15, -0.1) is 0 Å².